The fraction of sp³-hybridized carbons (Fsp3) is 0.150. The molecule has 0 bridgehead atoms. The second-order valence-electron chi connectivity index (χ2n) is 6.46. The molecule has 0 spiro atoms. The van der Waals surface area contributed by atoms with Crippen LogP contribution in [-0.2, 0) is 11.2 Å². The highest BCUT2D eigenvalue weighted by Gasteiger charge is 2.39. The van der Waals surface area contributed by atoms with Crippen molar-refractivity contribution < 1.29 is 9.90 Å². The van der Waals surface area contributed by atoms with Crippen molar-refractivity contribution in [3.8, 4) is 0 Å². The Morgan fingerprint density at radius 3 is 2.61 bits per heavy atom. The van der Waals surface area contributed by atoms with Crippen molar-refractivity contribution in [1.82, 2.24) is 14.9 Å². The van der Waals surface area contributed by atoms with Crippen LogP contribution in [0.25, 0.3) is 0 Å². The smallest absolute Gasteiger partial charge is 0.174 e. The molecule has 2 heterocycles. The molecule has 6 nitrogen and oxygen atoms in total. The van der Waals surface area contributed by atoms with E-state index in [1.54, 1.807) is 35.5 Å². The number of nitrogens with one attached hydrogen (secondary N) is 2. The number of carboxylic acids is 1. The average Bonchev–Trinajstić information content (AvgIpc) is 3.17. The molecule has 1 aliphatic rings. The summed E-state index contributed by atoms with van der Waals surface area (Å²) in [5.74, 6) is -1.19. The standard InChI is InChI=1S/C20H17ClN4O2S/c21-13-6-8-14(9-7-13)24-20(28)25-16(19(26)27)10-15-17(23-11-22-15)18(25)12-4-2-1-3-5-12/h1-9,11,16,18H,10H2,(H,22,23)(H,24,28)(H,26,27)/p-1/t16-,18+/m0/s1. The highest BCUT2D eigenvalue weighted by Crippen LogP contribution is 2.36. The summed E-state index contributed by atoms with van der Waals surface area (Å²) < 4.78 is 0. The van der Waals surface area contributed by atoms with Crippen LogP contribution >= 0.6 is 23.8 Å². The number of imidazole rings is 1. The Kier molecular flexibility index (Phi) is 5.02. The predicted octanol–water partition coefficient (Wildman–Crippen LogP) is 2.53. The molecule has 2 N–H and O–H groups in total. The number of aromatic nitrogens is 2. The fourth-order valence-corrected chi connectivity index (χ4v) is 3.94. The van der Waals surface area contributed by atoms with Crippen LogP contribution in [0.4, 0.5) is 5.69 Å². The van der Waals surface area contributed by atoms with Crippen molar-refractivity contribution in [2.75, 3.05) is 5.32 Å². The van der Waals surface area contributed by atoms with Crippen molar-refractivity contribution in [2.45, 2.75) is 18.5 Å². The maximum Gasteiger partial charge on any atom is 0.174 e. The van der Waals surface area contributed by atoms with Gasteiger partial charge in [0.25, 0.3) is 0 Å². The van der Waals surface area contributed by atoms with Gasteiger partial charge in [-0.05, 0) is 42.0 Å². The van der Waals surface area contributed by atoms with Crippen LogP contribution < -0.4 is 10.4 Å². The van der Waals surface area contributed by atoms with Gasteiger partial charge in [0.05, 0.1) is 24.0 Å². The van der Waals surface area contributed by atoms with Gasteiger partial charge in [0, 0.05) is 22.8 Å². The van der Waals surface area contributed by atoms with Crippen molar-refractivity contribution in [1.29, 1.82) is 0 Å². The SMILES string of the molecule is O=C([O-])[C@@H]1Cc2[nH]cnc2[C@@H](c2ccccc2)N1C(=S)Nc1ccc(Cl)cc1. The fourth-order valence-electron chi connectivity index (χ4n) is 3.46. The van der Waals surface area contributed by atoms with Gasteiger partial charge in [-0.3, -0.25) is 0 Å². The first kappa shape index (κ1) is 18.5. The van der Waals surface area contributed by atoms with Gasteiger partial charge in [0.2, 0.25) is 0 Å². The number of anilines is 1. The highest BCUT2D eigenvalue weighted by atomic mass is 35.5. The zero-order valence-corrected chi connectivity index (χ0v) is 16.2. The van der Waals surface area contributed by atoms with Crippen LogP contribution in [0.2, 0.25) is 5.02 Å². The van der Waals surface area contributed by atoms with E-state index in [1.807, 2.05) is 30.3 Å². The second-order valence-corrected chi connectivity index (χ2v) is 7.29. The number of benzene rings is 2. The van der Waals surface area contributed by atoms with Gasteiger partial charge in [0.15, 0.2) is 5.11 Å². The maximum absolute atomic E-state index is 12.0. The number of thiocarbonyl (C=S) groups is 1. The molecule has 8 heteroatoms. The van der Waals surface area contributed by atoms with E-state index in [9.17, 15) is 9.90 Å². The molecule has 4 rings (SSSR count). The molecule has 2 atom stereocenters. The minimum absolute atomic E-state index is 0.226. The normalized spacial score (nSPS) is 18.4. The molecule has 0 aliphatic carbocycles. The molecule has 1 aromatic heterocycles. The van der Waals surface area contributed by atoms with Gasteiger partial charge in [-0.1, -0.05) is 41.9 Å². The largest absolute Gasteiger partial charge is 0.548 e. The summed E-state index contributed by atoms with van der Waals surface area (Å²) in [4.78, 5) is 21.1. The van der Waals surface area contributed by atoms with Crippen LogP contribution in [0.15, 0.2) is 60.9 Å². The average molecular weight is 412 g/mol. The number of halogens is 1. The van der Waals surface area contributed by atoms with E-state index in [0.717, 1.165) is 17.0 Å². The Morgan fingerprint density at radius 1 is 1.21 bits per heavy atom. The van der Waals surface area contributed by atoms with E-state index in [2.05, 4.69) is 15.3 Å². The second kappa shape index (κ2) is 7.61. The number of rotatable bonds is 3. The third-order valence-electron chi connectivity index (χ3n) is 4.74. The Hall–Kier alpha value is -2.90. The number of carbonyl (C=O) groups is 1. The van der Waals surface area contributed by atoms with Crippen molar-refractivity contribution in [3.63, 3.8) is 0 Å². The molecule has 0 radical (unpaired) electrons. The summed E-state index contributed by atoms with van der Waals surface area (Å²) in [5.41, 5.74) is 3.13. The third kappa shape index (κ3) is 3.46. The molecule has 0 unspecified atom stereocenters. The molecule has 142 valence electrons. The Labute approximate surface area is 172 Å². The molecule has 28 heavy (non-hydrogen) atoms. The third-order valence-corrected chi connectivity index (χ3v) is 5.30. The zero-order chi connectivity index (χ0) is 19.7. The van der Waals surface area contributed by atoms with Crippen LogP contribution in [-0.4, -0.2) is 32.0 Å². The number of fused-ring (bicyclic) bond motifs is 1. The van der Waals surface area contributed by atoms with Gasteiger partial charge in [-0.15, -0.1) is 0 Å². The van der Waals surface area contributed by atoms with E-state index in [4.69, 9.17) is 23.8 Å². The zero-order valence-electron chi connectivity index (χ0n) is 14.6. The van der Waals surface area contributed by atoms with Crippen LogP contribution in [0.3, 0.4) is 0 Å². The van der Waals surface area contributed by atoms with Crippen molar-refractivity contribution in [3.05, 3.63) is 82.9 Å². The summed E-state index contributed by atoms with van der Waals surface area (Å²) in [6.07, 6.45) is 1.80. The number of H-pyrrole nitrogens is 1. The molecule has 1 aliphatic heterocycles. The van der Waals surface area contributed by atoms with Gasteiger partial charge in [-0.2, -0.15) is 0 Å². The van der Waals surface area contributed by atoms with Crippen LogP contribution in [0.1, 0.15) is 23.0 Å². The lowest BCUT2D eigenvalue weighted by atomic mass is 9.91. The molecular weight excluding hydrogens is 396 g/mol. The van der Waals surface area contributed by atoms with Crippen molar-refractivity contribution >= 4 is 40.6 Å². The molecule has 3 aromatic rings. The van der Waals surface area contributed by atoms with Gasteiger partial charge >= 0.3 is 0 Å². The maximum atomic E-state index is 12.0. The summed E-state index contributed by atoms with van der Waals surface area (Å²) in [7, 11) is 0. The summed E-state index contributed by atoms with van der Waals surface area (Å²) in [5, 5.41) is 16.0. The molecule has 0 saturated heterocycles. The summed E-state index contributed by atoms with van der Waals surface area (Å²) in [6.45, 7) is 0. The Balaban J connectivity index is 1.76. The van der Waals surface area contributed by atoms with E-state index in [1.165, 1.54) is 0 Å². The Morgan fingerprint density at radius 2 is 1.93 bits per heavy atom. The Bertz CT molecular complexity index is 1010. The quantitative estimate of drug-likeness (QED) is 0.644. The minimum atomic E-state index is -1.19. The number of hydrogen-bond acceptors (Lipinski definition) is 4. The number of aromatic amines is 1. The number of nitrogens with zero attached hydrogens (tertiary/aromatic N) is 2. The molecule has 2 aromatic carbocycles. The van der Waals surface area contributed by atoms with Crippen molar-refractivity contribution in [2.24, 2.45) is 0 Å². The monoisotopic (exact) mass is 411 g/mol. The highest BCUT2D eigenvalue weighted by molar-refractivity contribution is 7.80. The summed E-state index contributed by atoms with van der Waals surface area (Å²) >= 11 is 11.6. The van der Waals surface area contributed by atoms with E-state index in [0.29, 0.717) is 10.7 Å². The summed E-state index contributed by atoms with van der Waals surface area (Å²) in [6, 6.07) is 15.2. The molecule has 0 amide bonds. The predicted molar refractivity (Wildman–Crippen MR) is 109 cm³/mol. The van der Waals surface area contributed by atoms with E-state index >= 15 is 0 Å². The van der Waals surface area contributed by atoms with Crippen LogP contribution in [0.5, 0.6) is 0 Å². The van der Waals surface area contributed by atoms with Crippen LogP contribution in [0, 0.1) is 0 Å². The lowest BCUT2D eigenvalue weighted by Gasteiger charge is -2.43. The molecule has 0 saturated carbocycles. The number of aliphatic carboxylic acids is 1. The lowest BCUT2D eigenvalue weighted by Crippen LogP contribution is -2.56. The van der Waals surface area contributed by atoms with E-state index in [-0.39, 0.29) is 11.5 Å². The first-order valence-corrected chi connectivity index (χ1v) is 9.46. The topological polar surface area (TPSA) is 84.1 Å². The number of carboxylic acid groups (broad SMARTS) is 1. The van der Waals surface area contributed by atoms with Gasteiger partial charge in [0.1, 0.15) is 6.04 Å². The van der Waals surface area contributed by atoms with Gasteiger partial charge < -0.3 is 25.1 Å². The number of carbonyl (C=O) groups excluding carboxylic acids is 1. The minimum Gasteiger partial charge on any atom is -0.548 e. The first-order chi connectivity index (χ1) is 13.5. The van der Waals surface area contributed by atoms with Gasteiger partial charge in [-0.25, -0.2) is 4.98 Å². The number of hydrogen-bond donors (Lipinski definition) is 2. The lowest BCUT2D eigenvalue weighted by molar-refractivity contribution is -0.311. The molecule has 0 fully saturated rings. The molecular formula is C20H16ClN4O2S-. The first-order valence-electron chi connectivity index (χ1n) is 8.67. The van der Waals surface area contributed by atoms with E-state index < -0.39 is 18.1 Å².